The van der Waals surface area contributed by atoms with Crippen LogP contribution in [-0.2, 0) is 6.54 Å². The Morgan fingerprint density at radius 3 is 2.71 bits per heavy atom. The normalized spacial score (nSPS) is 16.2. The second kappa shape index (κ2) is 7.47. The molecule has 0 aromatic carbocycles. The number of fused-ring (bicyclic) bond motifs is 1. The average Bonchev–Trinajstić information content (AvgIpc) is 2.73. The van der Waals surface area contributed by atoms with E-state index < -0.39 is 0 Å². The molecule has 1 aliphatic rings. The highest BCUT2D eigenvalue weighted by Crippen LogP contribution is 2.27. The van der Waals surface area contributed by atoms with E-state index in [1.54, 1.807) is 10.9 Å². The van der Waals surface area contributed by atoms with Crippen molar-refractivity contribution in [1.29, 1.82) is 0 Å². The minimum Gasteiger partial charge on any atom is -0.349 e. The van der Waals surface area contributed by atoms with Crippen molar-refractivity contribution in [2.24, 2.45) is 0 Å². The Morgan fingerprint density at radius 2 is 2.04 bits per heavy atom. The number of rotatable bonds is 4. The molecule has 0 bridgehead atoms. The number of aromatic nitrogens is 2. The van der Waals surface area contributed by atoms with Gasteiger partial charge in [-0.1, -0.05) is 32.6 Å². The molecular formula is C18H25N3O2S. The molecule has 1 N–H and O–H groups in total. The molecule has 2 aromatic rings. The van der Waals surface area contributed by atoms with Crippen LogP contribution in [0.15, 0.2) is 11.1 Å². The van der Waals surface area contributed by atoms with Gasteiger partial charge < -0.3 is 5.32 Å². The maximum absolute atomic E-state index is 12.7. The Bertz CT molecular complexity index is 785. The molecule has 0 saturated heterocycles. The highest BCUT2D eigenvalue weighted by molar-refractivity contribution is 7.20. The molecule has 0 unspecified atom stereocenters. The SMILES string of the molecule is CCCn1cnc2sc(C(=O)NC3CCCCCC3)c(C)c2c1=O. The predicted octanol–water partition coefficient (Wildman–Crippen LogP) is 3.63. The van der Waals surface area contributed by atoms with Crippen LogP contribution < -0.4 is 10.9 Å². The molecule has 0 aliphatic heterocycles. The Hall–Kier alpha value is -1.69. The second-order valence-electron chi connectivity index (χ2n) is 6.64. The van der Waals surface area contributed by atoms with E-state index >= 15 is 0 Å². The number of nitrogens with zero attached hydrogens (tertiary/aromatic N) is 2. The lowest BCUT2D eigenvalue weighted by molar-refractivity contribution is 0.0937. The summed E-state index contributed by atoms with van der Waals surface area (Å²) in [5.74, 6) is -0.0520. The molecule has 1 aliphatic carbocycles. The van der Waals surface area contributed by atoms with E-state index in [0.29, 0.717) is 21.6 Å². The minimum atomic E-state index is -0.0520. The van der Waals surface area contributed by atoms with Gasteiger partial charge >= 0.3 is 0 Å². The number of nitrogens with one attached hydrogen (secondary N) is 1. The van der Waals surface area contributed by atoms with Crippen molar-refractivity contribution in [3.8, 4) is 0 Å². The lowest BCUT2D eigenvalue weighted by Gasteiger charge is -2.15. The van der Waals surface area contributed by atoms with Gasteiger partial charge in [-0.2, -0.15) is 0 Å². The smallest absolute Gasteiger partial charge is 0.262 e. The molecule has 0 spiro atoms. The van der Waals surface area contributed by atoms with Crippen LogP contribution in [-0.4, -0.2) is 21.5 Å². The highest BCUT2D eigenvalue weighted by Gasteiger charge is 2.22. The van der Waals surface area contributed by atoms with Gasteiger partial charge in [0.1, 0.15) is 4.83 Å². The standard InChI is InChI=1S/C18H25N3O2S/c1-3-10-21-11-19-17-14(18(21)23)12(2)15(24-17)16(22)20-13-8-6-4-5-7-9-13/h11,13H,3-10H2,1-2H3,(H,20,22). The molecule has 3 rings (SSSR count). The topological polar surface area (TPSA) is 64.0 Å². The van der Waals surface area contributed by atoms with Crippen LogP contribution in [0.2, 0.25) is 0 Å². The summed E-state index contributed by atoms with van der Waals surface area (Å²) in [6.45, 7) is 4.55. The number of hydrogen-bond donors (Lipinski definition) is 1. The summed E-state index contributed by atoms with van der Waals surface area (Å²) in [6, 6.07) is 0.259. The number of hydrogen-bond acceptors (Lipinski definition) is 4. The quantitative estimate of drug-likeness (QED) is 0.859. The second-order valence-corrected chi connectivity index (χ2v) is 7.64. The van der Waals surface area contributed by atoms with Gasteiger partial charge in [-0.3, -0.25) is 14.2 Å². The van der Waals surface area contributed by atoms with Gasteiger partial charge in [-0.25, -0.2) is 4.98 Å². The summed E-state index contributed by atoms with van der Waals surface area (Å²) in [5, 5.41) is 3.77. The van der Waals surface area contributed by atoms with Crippen molar-refractivity contribution < 1.29 is 4.79 Å². The lowest BCUT2D eigenvalue weighted by atomic mass is 10.1. The first-order valence-corrected chi connectivity index (χ1v) is 9.73. The lowest BCUT2D eigenvalue weighted by Crippen LogP contribution is -2.34. The van der Waals surface area contributed by atoms with E-state index in [1.165, 1.54) is 37.0 Å². The Kier molecular flexibility index (Phi) is 5.33. The molecule has 0 radical (unpaired) electrons. The van der Waals surface area contributed by atoms with E-state index in [0.717, 1.165) is 24.8 Å². The number of carbonyl (C=O) groups is 1. The Balaban J connectivity index is 1.89. The van der Waals surface area contributed by atoms with Crippen LogP contribution in [0, 0.1) is 6.92 Å². The van der Waals surface area contributed by atoms with Crippen LogP contribution in [0.1, 0.15) is 67.1 Å². The van der Waals surface area contributed by atoms with Gasteiger partial charge in [0, 0.05) is 12.6 Å². The minimum absolute atomic E-state index is 0.0379. The Morgan fingerprint density at radius 1 is 1.33 bits per heavy atom. The fourth-order valence-corrected chi connectivity index (χ4v) is 4.49. The number of carbonyl (C=O) groups excluding carboxylic acids is 1. The zero-order valence-electron chi connectivity index (χ0n) is 14.4. The average molecular weight is 347 g/mol. The van der Waals surface area contributed by atoms with Gasteiger partial charge in [0.2, 0.25) is 0 Å². The van der Waals surface area contributed by atoms with Crippen LogP contribution in [0.25, 0.3) is 10.2 Å². The van der Waals surface area contributed by atoms with Crippen molar-refractivity contribution >= 4 is 27.5 Å². The monoisotopic (exact) mass is 347 g/mol. The summed E-state index contributed by atoms with van der Waals surface area (Å²) in [6.07, 6.45) is 9.46. The van der Waals surface area contributed by atoms with Crippen molar-refractivity contribution in [3.05, 3.63) is 27.1 Å². The van der Waals surface area contributed by atoms with Crippen LogP contribution >= 0.6 is 11.3 Å². The van der Waals surface area contributed by atoms with E-state index in [9.17, 15) is 9.59 Å². The van der Waals surface area contributed by atoms with Crippen LogP contribution in [0.5, 0.6) is 0 Å². The van der Waals surface area contributed by atoms with Gasteiger partial charge in [-0.05, 0) is 31.7 Å². The number of amides is 1. The summed E-state index contributed by atoms with van der Waals surface area (Å²) < 4.78 is 1.63. The molecule has 1 saturated carbocycles. The maximum atomic E-state index is 12.7. The third-order valence-corrected chi connectivity index (χ3v) is 5.98. The van der Waals surface area contributed by atoms with E-state index in [2.05, 4.69) is 10.3 Å². The Labute approximate surface area is 146 Å². The zero-order valence-corrected chi connectivity index (χ0v) is 15.2. The van der Waals surface area contributed by atoms with E-state index in [-0.39, 0.29) is 17.5 Å². The van der Waals surface area contributed by atoms with Gasteiger partial charge in [0.05, 0.1) is 16.6 Å². The molecule has 0 atom stereocenters. The molecule has 130 valence electrons. The maximum Gasteiger partial charge on any atom is 0.262 e. The van der Waals surface area contributed by atoms with Crippen molar-refractivity contribution in [2.75, 3.05) is 0 Å². The molecule has 2 aromatic heterocycles. The summed E-state index contributed by atoms with van der Waals surface area (Å²) in [5.41, 5.74) is 0.730. The first-order chi connectivity index (χ1) is 11.6. The molecule has 2 heterocycles. The van der Waals surface area contributed by atoms with Gasteiger partial charge in [-0.15, -0.1) is 11.3 Å². The molecule has 1 fully saturated rings. The highest BCUT2D eigenvalue weighted by atomic mass is 32.1. The first-order valence-electron chi connectivity index (χ1n) is 8.91. The third kappa shape index (κ3) is 3.38. The van der Waals surface area contributed by atoms with E-state index in [4.69, 9.17) is 0 Å². The van der Waals surface area contributed by atoms with E-state index in [1.807, 2.05) is 13.8 Å². The van der Waals surface area contributed by atoms with Crippen molar-refractivity contribution in [2.45, 2.75) is 71.4 Å². The fourth-order valence-electron chi connectivity index (χ4n) is 3.45. The predicted molar refractivity (Wildman–Crippen MR) is 97.9 cm³/mol. The van der Waals surface area contributed by atoms with Crippen molar-refractivity contribution in [1.82, 2.24) is 14.9 Å². The summed E-state index contributed by atoms with van der Waals surface area (Å²) >= 11 is 1.33. The fraction of sp³-hybridized carbons (Fsp3) is 0.611. The van der Waals surface area contributed by atoms with Crippen LogP contribution in [0.3, 0.4) is 0 Å². The molecule has 6 heteroatoms. The number of aryl methyl sites for hydroxylation is 2. The molecular weight excluding hydrogens is 322 g/mol. The summed E-state index contributed by atoms with van der Waals surface area (Å²) in [7, 11) is 0. The molecule has 1 amide bonds. The first kappa shape index (κ1) is 17.1. The van der Waals surface area contributed by atoms with Gasteiger partial charge in [0.25, 0.3) is 11.5 Å². The zero-order chi connectivity index (χ0) is 17.1. The van der Waals surface area contributed by atoms with Crippen molar-refractivity contribution in [3.63, 3.8) is 0 Å². The largest absolute Gasteiger partial charge is 0.349 e. The van der Waals surface area contributed by atoms with Crippen LogP contribution in [0.4, 0.5) is 0 Å². The molecule has 24 heavy (non-hydrogen) atoms. The third-order valence-electron chi connectivity index (χ3n) is 4.78. The summed E-state index contributed by atoms with van der Waals surface area (Å²) in [4.78, 5) is 31.0. The molecule has 5 nitrogen and oxygen atoms in total. The number of thiophene rings is 1. The van der Waals surface area contributed by atoms with Gasteiger partial charge in [0.15, 0.2) is 0 Å².